The molecule has 19 heavy (non-hydrogen) atoms. The van der Waals surface area contributed by atoms with Crippen molar-refractivity contribution in [2.24, 2.45) is 0 Å². The van der Waals surface area contributed by atoms with Gasteiger partial charge in [0.05, 0.1) is 7.11 Å². The highest BCUT2D eigenvalue weighted by atomic mass is 16.5. The van der Waals surface area contributed by atoms with Crippen LogP contribution in [0.4, 0.5) is 0 Å². The van der Waals surface area contributed by atoms with E-state index in [1.165, 1.54) is 12.0 Å². The number of benzene rings is 1. The molecule has 0 radical (unpaired) electrons. The number of amides is 1. The molecule has 0 bridgehead atoms. The second kappa shape index (κ2) is 7.41. The number of carbonyl (C=O) groups is 2. The molecule has 1 rings (SSSR count). The molecule has 1 aromatic rings. The summed E-state index contributed by atoms with van der Waals surface area (Å²) in [5, 5.41) is 0. The minimum Gasteiger partial charge on any atom is -0.484 e. The van der Waals surface area contributed by atoms with Gasteiger partial charge < -0.3 is 14.4 Å². The normalized spacial score (nSPS) is 9.84. The van der Waals surface area contributed by atoms with Crippen molar-refractivity contribution in [3.63, 3.8) is 0 Å². The average molecular weight is 265 g/mol. The van der Waals surface area contributed by atoms with Crippen molar-refractivity contribution in [2.45, 2.75) is 13.8 Å². The summed E-state index contributed by atoms with van der Waals surface area (Å²) in [5.41, 5.74) is 1.12. The molecular formula is C14H19NO4. The smallest absolute Gasteiger partial charge is 0.325 e. The molecule has 0 aliphatic rings. The molecule has 0 unspecified atom stereocenters. The van der Waals surface area contributed by atoms with Crippen molar-refractivity contribution in [1.29, 1.82) is 0 Å². The highest BCUT2D eigenvalue weighted by molar-refractivity contribution is 5.82. The highest BCUT2D eigenvalue weighted by Gasteiger charge is 2.16. The Bertz CT molecular complexity index is 428. The van der Waals surface area contributed by atoms with E-state index in [-0.39, 0.29) is 19.1 Å². The van der Waals surface area contributed by atoms with Crippen LogP contribution < -0.4 is 4.74 Å². The molecule has 0 N–H and O–H groups in total. The first-order chi connectivity index (χ1) is 9.06. The SMILES string of the molecule is CCN(CC(=O)OC)C(=O)COc1ccc(C)cc1. The van der Waals surface area contributed by atoms with Crippen LogP contribution in [0.15, 0.2) is 24.3 Å². The lowest BCUT2D eigenvalue weighted by molar-refractivity contribution is -0.147. The number of hydrogen-bond acceptors (Lipinski definition) is 4. The summed E-state index contributed by atoms with van der Waals surface area (Å²) in [4.78, 5) is 24.4. The first-order valence-corrected chi connectivity index (χ1v) is 6.11. The molecule has 0 heterocycles. The molecule has 0 aliphatic heterocycles. The zero-order valence-electron chi connectivity index (χ0n) is 11.5. The van der Waals surface area contributed by atoms with Crippen molar-refractivity contribution in [3.05, 3.63) is 29.8 Å². The summed E-state index contributed by atoms with van der Waals surface area (Å²) in [6.07, 6.45) is 0. The number of esters is 1. The van der Waals surface area contributed by atoms with Crippen LogP contribution >= 0.6 is 0 Å². The van der Waals surface area contributed by atoms with Gasteiger partial charge in [0, 0.05) is 6.54 Å². The second-order valence-electron chi connectivity index (χ2n) is 4.09. The quantitative estimate of drug-likeness (QED) is 0.729. The molecule has 5 nitrogen and oxygen atoms in total. The molecule has 0 spiro atoms. The first kappa shape index (κ1) is 15.0. The Morgan fingerprint density at radius 2 is 1.84 bits per heavy atom. The van der Waals surface area contributed by atoms with E-state index in [2.05, 4.69) is 4.74 Å². The van der Waals surface area contributed by atoms with E-state index in [0.29, 0.717) is 12.3 Å². The van der Waals surface area contributed by atoms with E-state index in [9.17, 15) is 9.59 Å². The number of nitrogens with zero attached hydrogens (tertiary/aromatic N) is 1. The molecular weight excluding hydrogens is 246 g/mol. The van der Waals surface area contributed by atoms with E-state index >= 15 is 0 Å². The number of carbonyl (C=O) groups excluding carboxylic acids is 2. The molecule has 0 aromatic heterocycles. The minimum absolute atomic E-state index is 0.0525. The average Bonchev–Trinajstić information content (AvgIpc) is 2.43. The van der Waals surface area contributed by atoms with Crippen LogP contribution in [0.2, 0.25) is 0 Å². The van der Waals surface area contributed by atoms with Crippen molar-refractivity contribution < 1.29 is 19.1 Å². The van der Waals surface area contributed by atoms with Crippen LogP contribution in [-0.2, 0) is 14.3 Å². The largest absolute Gasteiger partial charge is 0.484 e. The van der Waals surface area contributed by atoms with E-state index < -0.39 is 5.97 Å². The summed E-state index contributed by atoms with van der Waals surface area (Å²) in [6, 6.07) is 7.43. The van der Waals surface area contributed by atoms with Gasteiger partial charge in [-0.2, -0.15) is 0 Å². The maximum absolute atomic E-state index is 11.9. The highest BCUT2D eigenvalue weighted by Crippen LogP contribution is 2.11. The molecule has 0 saturated carbocycles. The topological polar surface area (TPSA) is 55.8 Å². The fraction of sp³-hybridized carbons (Fsp3) is 0.429. The van der Waals surface area contributed by atoms with Crippen molar-refractivity contribution in [3.8, 4) is 5.75 Å². The summed E-state index contributed by atoms with van der Waals surface area (Å²) in [6.45, 7) is 4.07. The van der Waals surface area contributed by atoms with Gasteiger partial charge >= 0.3 is 5.97 Å². The zero-order chi connectivity index (χ0) is 14.3. The minimum atomic E-state index is -0.439. The molecule has 5 heteroatoms. The maximum Gasteiger partial charge on any atom is 0.325 e. The van der Waals surface area contributed by atoms with E-state index in [0.717, 1.165) is 5.56 Å². The molecule has 0 aliphatic carbocycles. The molecule has 0 fully saturated rings. The third-order valence-electron chi connectivity index (χ3n) is 2.67. The van der Waals surface area contributed by atoms with Gasteiger partial charge in [0.15, 0.2) is 6.61 Å². The first-order valence-electron chi connectivity index (χ1n) is 6.11. The second-order valence-corrected chi connectivity index (χ2v) is 4.09. The lowest BCUT2D eigenvalue weighted by Crippen LogP contribution is -2.38. The van der Waals surface area contributed by atoms with Crippen molar-refractivity contribution in [1.82, 2.24) is 4.90 Å². The van der Waals surface area contributed by atoms with Crippen LogP contribution in [0, 0.1) is 6.92 Å². The van der Waals surface area contributed by atoms with Crippen molar-refractivity contribution in [2.75, 3.05) is 26.8 Å². The third-order valence-corrected chi connectivity index (χ3v) is 2.67. The lowest BCUT2D eigenvalue weighted by atomic mass is 10.2. The molecule has 1 amide bonds. The van der Waals surface area contributed by atoms with Crippen LogP contribution in [0.3, 0.4) is 0 Å². The monoisotopic (exact) mass is 265 g/mol. The van der Waals surface area contributed by atoms with E-state index in [1.54, 1.807) is 19.1 Å². The summed E-state index contributed by atoms with van der Waals surface area (Å²) >= 11 is 0. The molecule has 0 atom stereocenters. The third kappa shape index (κ3) is 4.99. The van der Waals surface area contributed by atoms with Crippen LogP contribution in [0.25, 0.3) is 0 Å². The fourth-order valence-corrected chi connectivity index (χ4v) is 1.47. The number of ether oxygens (including phenoxy) is 2. The molecule has 104 valence electrons. The zero-order valence-corrected chi connectivity index (χ0v) is 11.5. The van der Waals surface area contributed by atoms with Gasteiger partial charge in [-0.05, 0) is 26.0 Å². The maximum atomic E-state index is 11.9. The number of rotatable bonds is 6. The van der Waals surface area contributed by atoms with Crippen LogP contribution in [-0.4, -0.2) is 43.6 Å². The predicted molar refractivity (Wildman–Crippen MR) is 70.9 cm³/mol. The Kier molecular flexibility index (Phi) is 5.85. The molecule has 1 aromatic carbocycles. The Hall–Kier alpha value is -2.04. The van der Waals surface area contributed by atoms with Crippen LogP contribution in [0.5, 0.6) is 5.75 Å². The number of methoxy groups -OCH3 is 1. The van der Waals surface area contributed by atoms with Gasteiger partial charge in [0.2, 0.25) is 0 Å². The van der Waals surface area contributed by atoms with E-state index in [4.69, 9.17) is 4.74 Å². The van der Waals surface area contributed by atoms with E-state index in [1.807, 2.05) is 19.1 Å². The predicted octanol–water partition coefficient (Wildman–Crippen LogP) is 1.40. The van der Waals surface area contributed by atoms with Crippen molar-refractivity contribution >= 4 is 11.9 Å². The lowest BCUT2D eigenvalue weighted by Gasteiger charge is -2.19. The van der Waals surface area contributed by atoms with Gasteiger partial charge in [-0.1, -0.05) is 17.7 Å². The van der Waals surface area contributed by atoms with Crippen LogP contribution in [0.1, 0.15) is 12.5 Å². The molecule has 0 saturated heterocycles. The standard InChI is InChI=1S/C14H19NO4/c1-4-15(9-14(17)18-3)13(16)10-19-12-7-5-11(2)6-8-12/h5-8H,4,9-10H2,1-3H3. The number of likely N-dealkylation sites (N-methyl/N-ethyl adjacent to an activating group) is 1. The Morgan fingerprint density at radius 1 is 1.21 bits per heavy atom. The van der Waals surface area contributed by atoms with Gasteiger partial charge in [0.1, 0.15) is 12.3 Å². The summed E-state index contributed by atoms with van der Waals surface area (Å²) < 4.78 is 9.91. The van der Waals surface area contributed by atoms with Gasteiger partial charge in [0.25, 0.3) is 5.91 Å². The van der Waals surface area contributed by atoms with Gasteiger partial charge in [-0.3, -0.25) is 9.59 Å². The summed E-state index contributed by atoms with van der Waals surface area (Å²) in [7, 11) is 1.30. The fourth-order valence-electron chi connectivity index (χ4n) is 1.47. The Morgan fingerprint density at radius 3 is 2.37 bits per heavy atom. The number of aryl methyl sites for hydroxylation is 1. The summed E-state index contributed by atoms with van der Waals surface area (Å²) in [5.74, 6) is -0.0490. The Labute approximate surface area is 113 Å². The number of hydrogen-bond donors (Lipinski definition) is 0. The van der Waals surface area contributed by atoms with Gasteiger partial charge in [-0.25, -0.2) is 0 Å². The van der Waals surface area contributed by atoms with Gasteiger partial charge in [-0.15, -0.1) is 0 Å². The Balaban J connectivity index is 2.48.